The first-order valence-electron chi connectivity index (χ1n) is 2.93. The highest BCUT2D eigenvalue weighted by molar-refractivity contribution is 7.84. The zero-order valence-corrected chi connectivity index (χ0v) is 7.23. The van der Waals surface area contributed by atoms with Crippen LogP contribution >= 0.6 is 0 Å². The molecule has 1 N–H and O–H groups in total. The van der Waals surface area contributed by atoms with Gasteiger partial charge in [0.1, 0.15) is 6.61 Å². The number of hydrogen-bond donors (Lipinski definition) is 1. The lowest BCUT2D eigenvalue weighted by Crippen LogP contribution is -2.35. The van der Waals surface area contributed by atoms with Gasteiger partial charge in [0.05, 0.1) is 0 Å². The maximum absolute atomic E-state index is 10.7. The van der Waals surface area contributed by atoms with E-state index in [0.29, 0.717) is 0 Å². The summed E-state index contributed by atoms with van der Waals surface area (Å²) in [5.74, 6) is 0. The molecule has 0 saturated carbocycles. The summed E-state index contributed by atoms with van der Waals surface area (Å²) >= 11 is 0. The van der Waals surface area contributed by atoms with Gasteiger partial charge in [0.15, 0.2) is 0 Å². The second-order valence-electron chi connectivity index (χ2n) is 1.74. The van der Waals surface area contributed by atoms with E-state index in [-0.39, 0.29) is 13.0 Å². The summed E-state index contributed by atoms with van der Waals surface area (Å²) in [5.41, 5.74) is 0. The van der Waals surface area contributed by atoms with E-state index in [2.05, 4.69) is 11.3 Å². The van der Waals surface area contributed by atoms with Gasteiger partial charge in [-0.1, -0.05) is 12.7 Å². The van der Waals surface area contributed by atoms with Gasteiger partial charge in [0.25, 0.3) is 0 Å². The quantitative estimate of drug-likeness (QED) is 0.383. The SMILES string of the molecule is C=CCOC(=O)N(C=O)S(=O)(=O)O. The molecule has 0 aliphatic carbocycles. The van der Waals surface area contributed by atoms with Gasteiger partial charge in [-0.25, -0.2) is 4.79 Å². The Morgan fingerprint density at radius 1 is 1.62 bits per heavy atom. The number of amides is 2. The van der Waals surface area contributed by atoms with Gasteiger partial charge in [0, 0.05) is 0 Å². The molecule has 0 aliphatic heterocycles. The maximum atomic E-state index is 10.7. The molecular formula is C5H7NO6S. The molecule has 0 rings (SSSR count). The summed E-state index contributed by atoms with van der Waals surface area (Å²) < 4.78 is 32.6. The second kappa shape index (κ2) is 4.58. The Hall–Kier alpha value is -1.41. The normalized spacial score (nSPS) is 10.2. The lowest BCUT2D eigenvalue weighted by Gasteiger charge is -2.09. The van der Waals surface area contributed by atoms with Crippen molar-refractivity contribution in [3.8, 4) is 0 Å². The van der Waals surface area contributed by atoms with Crippen molar-refractivity contribution in [1.29, 1.82) is 0 Å². The Morgan fingerprint density at radius 3 is 2.46 bits per heavy atom. The predicted octanol–water partition coefficient (Wildman–Crippen LogP) is -0.430. The topological polar surface area (TPSA) is 101 Å². The standard InChI is InChI=1S/C5H7NO6S/c1-2-3-12-5(8)6(4-7)13(9,10)11/h2,4H,1,3H2,(H,9,10,11). The Balaban J connectivity index is 4.51. The van der Waals surface area contributed by atoms with Crippen LogP contribution in [-0.4, -0.2) is 36.4 Å². The molecule has 0 atom stereocenters. The first-order valence-corrected chi connectivity index (χ1v) is 4.33. The number of ether oxygens (including phenoxy) is 1. The number of carbonyl (C=O) groups excluding carboxylic acids is 2. The fraction of sp³-hybridized carbons (Fsp3) is 0.200. The van der Waals surface area contributed by atoms with E-state index >= 15 is 0 Å². The Morgan fingerprint density at radius 2 is 2.15 bits per heavy atom. The first kappa shape index (κ1) is 11.6. The average Bonchev–Trinajstić information content (AvgIpc) is 1.99. The van der Waals surface area contributed by atoms with Gasteiger partial charge in [-0.15, -0.1) is 4.31 Å². The van der Waals surface area contributed by atoms with Gasteiger partial charge in [-0.05, 0) is 0 Å². The minimum atomic E-state index is -4.89. The zero-order valence-electron chi connectivity index (χ0n) is 6.41. The van der Waals surface area contributed by atoms with E-state index < -0.39 is 20.7 Å². The van der Waals surface area contributed by atoms with E-state index in [0.717, 1.165) is 0 Å². The summed E-state index contributed by atoms with van der Waals surface area (Å²) in [6, 6.07) is 0. The highest BCUT2D eigenvalue weighted by Crippen LogP contribution is 1.97. The lowest BCUT2D eigenvalue weighted by molar-refractivity contribution is -0.113. The van der Waals surface area contributed by atoms with Crippen molar-refractivity contribution < 1.29 is 27.3 Å². The number of carbonyl (C=O) groups is 2. The maximum Gasteiger partial charge on any atom is 0.432 e. The molecule has 0 aromatic heterocycles. The van der Waals surface area contributed by atoms with Crippen LogP contribution in [0.3, 0.4) is 0 Å². The number of imide groups is 1. The van der Waals surface area contributed by atoms with Crippen LogP contribution in [0.1, 0.15) is 0 Å². The monoisotopic (exact) mass is 209 g/mol. The van der Waals surface area contributed by atoms with Crippen molar-refractivity contribution in [3.63, 3.8) is 0 Å². The van der Waals surface area contributed by atoms with Gasteiger partial charge >= 0.3 is 16.4 Å². The van der Waals surface area contributed by atoms with E-state index in [1.807, 2.05) is 0 Å². The Kier molecular flexibility index (Phi) is 4.08. The summed E-state index contributed by atoms with van der Waals surface area (Å²) in [5, 5.41) is 0. The molecule has 74 valence electrons. The fourth-order valence-electron chi connectivity index (χ4n) is 0.385. The molecule has 8 heteroatoms. The van der Waals surface area contributed by atoms with E-state index in [4.69, 9.17) is 4.55 Å². The molecule has 0 unspecified atom stereocenters. The average molecular weight is 209 g/mol. The highest BCUT2D eigenvalue weighted by atomic mass is 32.2. The van der Waals surface area contributed by atoms with Crippen molar-refractivity contribution in [2.24, 2.45) is 0 Å². The number of rotatable bonds is 4. The smallest absolute Gasteiger partial charge is 0.432 e. The van der Waals surface area contributed by atoms with Crippen LogP contribution in [0.15, 0.2) is 12.7 Å². The van der Waals surface area contributed by atoms with Gasteiger partial charge in [0.2, 0.25) is 6.41 Å². The van der Waals surface area contributed by atoms with Crippen LogP contribution in [0.25, 0.3) is 0 Å². The van der Waals surface area contributed by atoms with E-state index in [1.165, 1.54) is 6.08 Å². The van der Waals surface area contributed by atoms with Gasteiger partial charge in [-0.3, -0.25) is 9.35 Å². The third-order valence-corrected chi connectivity index (χ3v) is 1.58. The summed E-state index contributed by atoms with van der Waals surface area (Å²) in [6.45, 7) is 2.92. The van der Waals surface area contributed by atoms with Crippen molar-refractivity contribution in [2.75, 3.05) is 6.61 Å². The predicted molar refractivity (Wildman–Crippen MR) is 41.0 cm³/mol. The lowest BCUT2D eigenvalue weighted by atomic mass is 10.7. The van der Waals surface area contributed by atoms with Gasteiger partial charge < -0.3 is 4.74 Å². The summed E-state index contributed by atoms with van der Waals surface area (Å²) in [7, 11) is -4.89. The molecule has 0 fully saturated rings. The molecule has 0 aromatic carbocycles. The van der Waals surface area contributed by atoms with Crippen molar-refractivity contribution in [1.82, 2.24) is 4.31 Å². The molecule has 13 heavy (non-hydrogen) atoms. The Labute approximate surface area is 74.5 Å². The first-order chi connectivity index (χ1) is 5.93. The molecule has 0 aliphatic rings. The molecule has 0 bridgehead atoms. The molecule has 0 saturated heterocycles. The van der Waals surface area contributed by atoms with Crippen molar-refractivity contribution in [2.45, 2.75) is 0 Å². The van der Waals surface area contributed by atoms with Crippen LogP contribution in [0.2, 0.25) is 0 Å². The largest absolute Gasteiger partial charge is 0.444 e. The van der Waals surface area contributed by atoms with Crippen LogP contribution in [0, 0.1) is 0 Å². The molecule has 0 spiro atoms. The third-order valence-electron chi connectivity index (χ3n) is 0.849. The molecule has 0 aromatic rings. The molecule has 0 heterocycles. The van der Waals surface area contributed by atoms with Crippen LogP contribution < -0.4 is 0 Å². The van der Waals surface area contributed by atoms with E-state index in [1.54, 1.807) is 0 Å². The third kappa shape index (κ3) is 3.67. The van der Waals surface area contributed by atoms with Crippen LogP contribution in [-0.2, 0) is 19.8 Å². The van der Waals surface area contributed by atoms with E-state index in [9.17, 15) is 18.0 Å². The minimum absolute atomic E-state index is 0.265. The number of hydrogen-bond acceptors (Lipinski definition) is 5. The zero-order chi connectivity index (χ0) is 10.5. The molecular weight excluding hydrogens is 202 g/mol. The van der Waals surface area contributed by atoms with Crippen molar-refractivity contribution >= 4 is 22.8 Å². The number of nitrogens with zero attached hydrogens (tertiary/aromatic N) is 1. The summed E-state index contributed by atoms with van der Waals surface area (Å²) in [4.78, 5) is 20.7. The second-order valence-corrected chi connectivity index (χ2v) is 3.03. The molecule has 7 nitrogen and oxygen atoms in total. The molecule has 0 radical (unpaired) electrons. The van der Waals surface area contributed by atoms with Crippen molar-refractivity contribution in [3.05, 3.63) is 12.7 Å². The Bertz CT molecular complexity index is 307. The van der Waals surface area contributed by atoms with Crippen LogP contribution in [0.4, 0.5) is 4.79 Å². The molecule has 2 amide bonds. The minimum Gasteiger partial charge on any atom is -0.444 e. The summed E-state index contributed by atoms with van der Waals surface area (Å²) in [6.07, 6.45) is -0.691. The fourth-order valence-corrected chi connectivity index (χ4v) is 0.735. The van der Waals surface area contributed by atoms with Gasteiger partial charge in [-0.2, -0.15) is 8.42 Å². The van der Waals surface area contributed by atoms with Crippen LogP contribution in [0.5, 0.6) is 0 Å². The highest BCUT2D eigenvalue weighted by Gasteiger charge is 2.25.